The van der Waals surface area contributed by atoms with E-state index in [9.17, 15) is 50.8 Å². The molecule has 0 aromatic heterocycles. The van der Waals surface area contributed by atoms with Gasteiger partial charge in [0.15, 0.2) is 18.9 Å². The number of hydrogen-bond acceptors (Lipinski definition) is 16. The lowest BCUT2D eigenvalue weighted by molar-refractivity contribution is -0.341. The van der Waals surface area contributed by atoms with Gasteiger partial charge >= 0.3 is 0 Å². The summed E-state index contributed by atoms with van der Waals surface area (Å²) in [5, 5.41) is 95.0. The summed E-state index contributed by atoms with van der Waals surface area (Å²) >= 11 is 0. The maximum atomic E-state index is 12.0. The number of aliphatic hydroxyl groups excluding tert-OH is 9. The largest absolute Gasteiger partial charge is 0.394 e. The fourth-order valence-electron chi connectivity index (χ4n) is 5.35. The number of carbonyl (C=O) groups excluding carboxylic acids is 1. The van der Waals surface area contributed by atoms with E-state index in [1.165, 1.54) is 6.92 Å². The number of benzene rings is 1. The molecule has 3 heterocycles. The normalized spacial score (nSPS) is 41.8. The van der Waals surface area contributed by atoms with Crippen molar-refractivity contribution in [2.24, 2.45) is 0 Å². The molecule has 3 saturated heterocycles. The quantitative estimate of drug-likeness (QED) is 0.103. The number of amides is 1. The Hall–Kier alpha value is -1.91. The minimum Gasteiger partial charge on any atom is -0.394 e. The Morgan fingerprint density at radius 3 is 2.05 bits per heavy atom. The Morgan fingerprint density at radius 2 is 1.43 bits per heavy atom. The molecule has 1 aromatic carbocycles. The Labute approximate surface area is 252 Å². The summed E-state index contributed by atoms with van der Waals surface area (Å²) in [4.78, 5) is 12.0. The molecule has 44 heavy (non-hydrogen) atoms. The summed E-state index contributed by atoms with van der Waals surface area (Å²) in [5.41, 5.74) is 0.765. The summed E-state index contributed by atoms with van der Waals surface area (Å²) < 4.78 is 34.3. The van der Waals surface area contributed by atoms with E-state index in [0.717, 1.165) is 5.56 Å². The van der Waals surface area contributed by atoms with Gasteiger partial charge in [0.1, 0.15) is 73.2 Å². The molecule has 0 unspecified atom stereocenters. The Balaban J connectivity index is 1.55. The number of nitrogens with one attached hydrogen (secondary N) is 1. The van der Waals surface area contributed by atoms with Crippen LogP contribution < -0.4 is 5.32 Å². The van der Waals surface area contributed by atoms with Crippen LogP contribution >= 0.6 is 0 Å². The van der Waals surface area contributed by atoms with Crippen LogP contribution in [-0.4, -0.2) is 164 Å². The fourth-order valence-corrected chi connectivity index (χ4v) is 5.35. The van der Waals surface area contributed by atoms with Crippen molar-refractivity contribution in [3.05, 3.63) is 35.9 Å². The highest BCUT2D eigenvalue weighted by Gasteiger charge is 2.55. The lowest BCUT2D eigenvalue weighted by atomic mass is 9.96. The van der Waals surface area contributed by atoms with E-state index in [2.05, 4.69) is 5.32 Å². The minimum absolute atomic E-state index is 0.0334. The smallest absolute Gasteiger partial charge is 0.217 e. The molecule has 3 aliphatic heterocycles. The van der Waals surface area contributed by atoms with Gasteiger partial charge in [-0.15, -0.1) is 0 Å². The molecule has 17 nitrogen and oxygen atoms in total. The molecule has 4 rings (SSSR count). The number of carbonyl (C=O) groups is 1. The zero-order valence-electron chi connectivity index (χ0n) is 23.8. The first-order valence-corrected chi connectivity index (χ1v) is 14.1. The first-order valence-electron chi connectivity index (χ1n) is 14.1. The second kappa shape index (κ2) is 15.6. The topological polar surface area (TPSA) is 267 Å². The number of hydrogen-bond donors (Lipinski definition) is 10. The molecule has 0 spiro atoms. The van der Waals surface area contributed by atoms with E-state index < -0.39 is 118 Å². The third kappa shape index (κ3) is 7.72. The third-order valence-electron chi connectivity index (χ3n) is 7.71. The van der Waals surface area contributed by atoms with Gasteiger partial charge in [0.25, 0.3) is 0 Å². The standard InChI is InChI=1S/C27H41NO16/c1-11(32)28-16-18(35)23(15(9-31)41-25(16)39-10-12-5-3-2-4-6-12)43-27-24(21(38)22(42-27)13(33)7-29)44-26-20(37)19(36)17(34)14(8-30)40-26/h2-6,13-27,29-31,33-38H,7-10H2,1H3,(H,28,32)/t13-,14-,15-,16-,17+,18-,19+,20-,21+,22+,23-,24-,25+,26+,27+/m1/s1. The van der Waals surface area contributed by atoms with E-state index in [0.29, 0.717) is 0 Å². The predicted molar refractivity (Wildman–Crippen MR) is 142 cm³/mol. The average molecular weight is 636 g/mol. The number of aliphatic hydroxyl groups is 9. The highest BCUT2D eigenvalue weighted by Crippen LogP contribution is 2.34. The molecule has 1 amide bonds. The van der Waals surface area contributed by atoms with Gasteiger partial charge in [-0.05, 0) is 5.56 Å². The van der Waals surface area contributed by atoms with Crippen LogP contribution in [0.1, 0.15) is 12.5 Å². The maximum absolute atomic E-state index is 12.0. The Bertz CT molecular complexity index is 1040. The van der Waals surface area contributed by atoms with Crippen LogP contribution in [-0.2, 0) is 39.8 Å². The first-order chi connectivity index (χ1) is 21.0. The van der Waals surface area contributed by atoms with Gasteiger partial charge in [-0.25, -0.2) is 0 Å². The van der Waals surface area contributed by atoms with Crippen LogP contribution in [0.3, 0.4) is 0 Å². The molecular formula is C27H41NO16. The Kier molecular flexibility index (Phi) is 12.4. The van der Waals surface area contributed by atoms with Crippen molar-refractivity contribution < 1.29 is 79.2 Å². The van der Waals surface area contributed by atoms with Crippen molar-refractivity contribution in [2.45, 2.75) is 106 Å². The van der Waals surface area contributed by atoms with Crippen LogP contribution in [0.4, 0.5) is 0 Å². The third-order valence-corrected chi connectivity index (χ3v) is 7.71. The SMILES string of the molecule is CC(=O)N[C@H]1[C@@H](OCc2ccccc2)O[C@H](CO)[C@@H](O[C@@H]2O[C@@H]([C@H](O)CO)[C@H](O)[C@H]2O[C@@H]2O[C@H](CO)[C@H](O)[C@H](O)[C@H]2O)[C@@H]1O. The van der Waals surface area contributed by atoms with Crippen molar-refractivity contribution >= 4 is 5.91 Å². The zero-order valence-corrected chi connectivity index (χ0v) is 23.8. The molecule has 10 N–H and O–H groups in total. The van der Waals surface area contributed by atoms with Crippen molar-refractivity contribution in [3.63, 3.8) is 0 Å². The molecule has 17 heteroatoms. The first kappa shape index (κ1) is 35.0. The molecule has 1 aromatic rings. The monoisotopic (exact) mass is 635 g/mol. The van der Waals surface area contributed by atoms with Gasteiger partial charge in [-0.1, -0.05) is 30.3 Å². The van der Waals surface area contributed by atoms with Gasteiger partial charge < -0.3 is 79.7 Å². The van der Waals surface area contributed by atoms with Crippen LogP contribution in [0.15, 0.2) is 30.3 Å². The number of rotatable bonds is 12. The summed E-state index contributed by atoms with van der Waals surface area (Å²) in [6.45, 7) is -1.08. The van der Waals surface area contributed by atoms with E-state index in [4.69, 9.17) is 28.4 Å². The zero-order chi connectivity index (χ0) is 32.1. The summed E-state index contributed by atoms with van der Waals surface area (Å²) in [7, 11) is 0. The summed E-state index contributed by atoms with van der Waals surface area (Å²) in [5.74, 6) is -0.547. The summed E-state index contributed by atoms with van der Waals surface area (Å²) in [6.07, 6.45) is -22.4. The maximum Gasteiger partial charge on any atom is 0.217 e. The van der Waals surface area contributed by atoms with Crippen molar-refractivity contribution in [2.75, 3.05) is 19.8 Å². The van der Waals surface area contributed by atoms with Crippen LogP contribution in [0.2, 0.25) is 0 Å². The fraction of sp³-hybridized carbons (Fsp3) is 0.741. The minimum atomic E-state index is -1.87. The van der Waals surface area contributed by atoms with Crippen molar-refractivity contribution in [1.82, 2.24) is 5.32 Å². The number of ether oxygens (including phenoxy) is 6. The van der Waals surface area contributed by atoms with E-state index in [1.54, 1.807) is 24.3 Å². The molecule has 3 fully saturated rings. The molecule has 250 valence electrons. The molecule has 3 aliphatic rings. The van der Waals surface area contributed by atoms with Crippen LogP contribution in [0, 0.1) is 0 Å². The second-order valence-electron chi connectivity index (χ2n) is 10.8. The second-order valence-corrected chi connectivity index (χ2v) is 10.8. The van der Waals surface area contributed by atoms with E-state index >= 15 is 0 Å². The van der Waals surface area contributed by atoms with Gasteiger partial charge in [0, 0.05) is 6.92 Å². The molecule has 0 saturated carbocycles. The predicted octanol–water partition coefficient (Wildman–Crippen LogP) is -5.20. The molecular weight excluding hydrogens is 594 g/mol. The van der Waals surface area contributed by atoms with Crippen LogP contribution in [0.25, 0.3) is 0 Å². The highest BCUT2D eigenvalue weighted by atomic mass is 16.8. The van der Waals surface area contributed by atoms with E-state index in [1.807, 2.05) is 6.07 Å². The van der Waals surface area contributed by atoms with E-state index in [-0.39, 0.29) is 6.61 Å². The molecule has 0 bridgehead atoms. The molecule has 0 aliphatic carbocycles. The Morgan fingerprint density at radius 1 is 0.795 bits per heavy atom. The van der Waals surface area contributed by atoms with Crippen LogP contribution in [0.5, 0.6) is 0 Å². The van der Waals surface area contributed by atoms with Crippen molar-refractivity contribution in [3.8, 4) is 0 Å². The highest BCUT2D eigenvalue weighted by molar-refractivity contribution is 5.73. The van der Waals surface area contributed by atoms with Gasteiger partial charge in [-0.2, -0.15) is 0 Å². The van der Waals surface area contributed by atoms with Gasteiger partial charge in [0.05, 0.1) is 26.4 Å². The average Bonchev–Trinajstić information content (AvgIpc) is 3.32. The van der Waals surface area contributed by atoms with Crippen molar-refractivity contribution in [1.29, 1.82) is 0 Å². The summed E-state index contributed by atoms with van der Waals surface area (Å²) in [6, 6.07) is 7.75. The van der Waals surface area contributed by atoms with Gasteiger partial charge in [-0.3, -0.25) is 4.79 Å². The van der Waals surface area contributed by atoms with Gasteiger partial charge in [0.2, 0.25) is 5.91 Å². The lowest BCUT2D eigenvalue weighted by Gasteiger charge is -2.45. The molecule has 0 radical (unpaired) electrons. The molecule has 15 atom stereocenters. The lowest BCUT2D eigenvalue weighted by Crippen LogP contribution is -2.66.